The smallest absolute Gasteiger partial charge is 0.142 e. The van der Waals surface area contributed by atoms with Crippen LogP contribution >= 0.6 is 11.6 Å². The van der Waals surface area contributed by atoms with E-state index in [1.807, 2.05) is 48.5 Å². The first-order chi connectivity index (χ1) is 10.1. The van der Waals surface area contributed by atoms with Crippen LogP contribution in [0, 0.1) is 0 Å². The van der Waals surface area contributed by atoms with Gasteiger partial charge < -0.3 is 5.11 Å². The number of phenols is 1. The fraction of sp³-hybridized carbons (Fsp3) is 0.235. The number of hydrogen-bond donors (Lipinski definition) is 1. The third kappa shape index (κ3) is 3.76. The Hall–Kier alpha value is -2.00. The number of hydrazone groups is 1. The maximum Gasteiger partial charge on any atom is 0.142 e. The second kappa shape index (κ2) is 7.14. The van der Waals surface area contributed by atoms with E-state index in [1.54, 1.807) is 12.1 Å². The quantitative estimate of drug-likeness (QED) is 0.622. The molecule has 0 aliphatic rings. The van der Waals surface area contributed by atoms with Crippen molar-refractivity contribution in [1.82, 2.24) is 0 Å². The normalized spacial score (nSPS) is 12.5. The van der Waals surface area contributed by atoms with Crippen LogP contribution in [0.5, 0.6) is 5.75 Å². The number of nitrogens with zero attached hydrogens (tertiary/aromatic N) is 2. The van der Waals surface area contributed by atoms with Crippen molar-refractivity contribution in [2.75, 3.05) is 5.01 Å². The van der Waals surface area contributed by atoms with Gasteiger partial charge in [-0.3, -0.25) is 5.01 Å². The van der Waals surface area contributed by atoms with E-state index in [1.165, 1.54) is 6.07 Å². The van der Waals surface area contributed by atoms with Crippen LogP contribution < -0.4 is 5.01 Å². The molecule has 3 nitrogen and oxygen atoms in total. The van der Waals surface area contributed by atoms with E-state index in [-0.39, 0.29) is 11.8 Å². The molecule has 0 amide bonds. The molecule has 0 radical (unpaired) electrons. The fourth-order valence-corrected chi connectivity index (χ4v) is 2.27. The van der Waals surface area contributed by atoms with Crippen molar-refractivity contribution in [3.05, 3.63) is 59.1 Å². The summed E-state index contributed by atoms with van der Waals surface area (Å²) in [5.74, 6) is 0.124. The topological polar surface area (TPSA) is 35.8 Å². The van der Waals surface area contributed by atoms with E-state index >= 15 is 0 Å². The van der Waals surface area contributed by atoms with Crippen molar-refractivity contribution in [2.24, 2.45) is 5.10 Å². The van der Waals surface area contributed by atoms with Gasteiger partial charge in [-0.15, -0.1) is 0 Å². The Morgan fingerprint density at radius 1 is 1.24 bits per heavy atom. The van der Waals surface area contributed by atoms with Crippen molar-refractivity contribution in [3.63, 3.8) is 0 Å². The van der Waals surface area contributed by atoms with E-state index in [4.69, 9.17) is 11.6 Å². The lowest BCUT2D eigenvalue weighted by molar-refractivity contribution is 0.472. The number of phenolic OH excluding ortho intramolecular Hbond substituents is 1. The average molecular weight is 303 g/mol. The lowest BCUT2D eigenvalue weighted by Gasteiger charge is -2.27. The standard InChI is InChI=1S/C17H19ClN2O/c1-3-11-19-20(13(2)14-7-5-4-6-8-14)16-10-9-15(18)12-17(16)21/h4-13,21H,3H2,1-2H3/b19-11-. The van der Waals surface area contributed by atoms with Crippen LogP contribution in [0.2, 0.25) is 5.02 Å². The average Bonchev–Trinajstić information content (AvgIpc) is 2.50. The second-order valence-electron chi connectivity index (χ2n) is 4.77. The molecule has 0 saturated heterocycles. The molecule has 0 aliphatic carbocycles. The molecule has 0 heterocycles. The first kappa shape index (κ1) is 15.4. The minimum absolute atomic E-state index is 0.000996. The molecule has 21 heavy (non-hydrogen) atoms. The maximum atomic E-state index is 10.2. The minimum atomic E-state index is 0.000996. The zero-order valence-corrected chi connectivity index (χ0v) is 13.0. The molecule has 110 valence electrons. The Labute approximate surface area is 130 Å². The van der Waals surface area contributed by atoms with Gasteiger partial charge in [0.1, 0.15) is 11.4 Å². The highest BCUT2D eigenvalue weighted by atomic mass is 35.5. The molecule has 1 unspecified atom stereocenters. The van der Waals surface area contributed by atoms with E-state index in [0.717, 1.165) is 12.0 Å². The maximum absolute atomic E-state index is 10.2. The van der Waals surface area contributed by atoms with Crippen LogP contribution in [0.25, 0.3) is 0 Å². The number of anilines is 1. The van der Waals surface area contributed by atoms with Gasteiger partial charge in [0.15, 0.2) is 0 Å². The summed E-state index contributed by atoms with van der Waals surface area (Å²) in [5.41, 5.74) is 1.76. The summed E-state index contributed by atoms with van der Waals surface area (Å²) >= 11 is 5.91. The molecule has 2 aromatic rings. The molecule has 0 aromatic heterocycles. The van der Waals surface area contributed by atoms with Crippen molar-refractivity contribution < 1.29 is 5.11 Å². The summed E-state index contributed by atoms with van der Waals surface area (Å²) in [6.45, 7) is 4.08. The van der Waals surface area contributed by atoms with Gasteiger partial charge in [0.05, 0.1) is 6.04 Å². The molecule has 0 bridgehead atoms. The van der Waals surface area contributed by atoms with Crippen LogP contribution in [-0.2, 0) is 0 Å². The summed E-state index contributed by atoms with van der Waals surface area (Å²) in [7, 11) is 0. The SMILES string of the molecule is CC/C=N\N(c1ccc(Cl)cc1O)C(C)c1ccccc1. The molecule has 0 aliphatic heterocycles. The number of hydrogen-bond acceptors (Lipinski definition) is 3. The Kier molecular flexibility index (Phi) is 5.23. The van der Waals surface area contributed by atoms with Gasteiger partial charge in [-0.25, -0.2) is 0 Å². The molecular formula is C17H19ClN2O. The van der Waals surface area contributed by atoms with Gasteiger partial charge in [0, 0.05) is 17.3 Å². The number of benzene rings is 2. The highest BCUT2D eigenvalue weighted by molar-refractivity contribution is 6.30. The van der Waals surface area contributed by atoms with Crippen LogP contribution in [0.4, 0.5) is 5.69 Å². The monoisotopic (exact) mass is 302 g/mol. The first-order valence-corrected chi connectivity index (χ1v) is 7.36. The lowest BCUT2D eigenvalue weighted by atomic mass is 10.1. The zero-order chi connectivity index (χ0) is 15.2. The zero-order valence-electron chi connectivity index (χ0n) is 12.2. The van der Waals surface area contributed by atoms with Crippen molar-refractivity contribution in [3.8, 4) is 5.75 Å². The van der Waals surface area contributed by atoms with E-state index in [2.05, 4.69) is 12.0 Å². The molecule has 0 saturated carbocycles. The minimum Gasteiger partial charge on any atom is -0.506 e. The summed E-state index contributed by atoms with van der Waals surface area (Å²) in [5, 5.41) is 17.0. The molecule has 2 rings (SSSR count). The van der Waals surface area contributed by atoms with Gasteiger partial charge in [-0.1, -0.05) is 48.9 Å². The Morgan fingerprint density at radius 3 is 2.57 bits per heavy atom. The van der Waals surface area contributed by atoms with Gasteiger partial charge >= 0.3 is 0 Å². The molecule has 0 fully saturated rings. The molecule has 0 spiro atoms. The lowest BCUT2D eigenvalue weighted by Crippen LogP contribution is -2.21. The van der Waals surface area contributed by atoms with Crippen LogP contribution in [0.1, 0.15) is 31.9 Å². The number of rotatable bonds is 5. The molecular weight excluding hydrogens is 284 g/mol. The fourth-order valence-electron chi connectivity index (χ4n) is 2.10. The van der Waals surface area contributed by atoms with Gasteiger partial charge in [0.2, 0.25) is 0 Å². The van der Waals surface area contributed by atoms with Gasteiger partial charge in [-0.05, 0) is 31.0 Å². The summed E-state index contributed by atoms with van der Waals surface area (Å²) in [6.07, 6.45) is 2.65. The third-order valence-corrected chi connectivity index (χ3v) is 3.46. The molecule has 1 N–H and O–H groups in total. The Morgan fingerprint density at radius 2 is 1.95 bits per heavy atom. The largest absolute Gasteiger partial charge is 0.506 e. The highest BCUT2D eigenvalue weighted by Gasteiger charge is 2.18. The molecule has 2 aromatic carbocycles. The first-order valence-electron chi connectivity index (χ1n) is 6.98. The van der Waals surface area contributed by atoms with Crippen LogP contribution in [0.3, 0.4) is 0 Å². The number of aromatic hydroxyl groups is 1. The van der Waals surface area contributed by atoms with Crippen molar-refractivity contribution in [1.29, 1.82) is 0 Å². The third-order valence-electron chi connectivity index (χ3n) is 3.22. The number of halogens is 1. The Balaban J connectivity index is 2.41. The van der Waals surface area contributed by atoms with Crippen LogP contribution in [-0.4, -0.2) is 11.3 Å². The van der Waals surface area contributed by atoms with E-state index < -0.39 is 0 Å². The van der Waals surface area contributed by atoms with E-state index in [0.29, 0.717) is 10.7 Å². The summed E-state index contributed by atoms with van der Waals surface area (Å²) < 4.78 is 0. The second-order valence-corrected chi connectivity index (χ2v) is 5.21. The molecule has 1 atom stereocenters. The van der Waals surface area contributed by atoms with E-state index in [9.17, 15) is 5.11 Å². The van der Waals surface area contributed by atoms with Crippen molar-refractivity contribution >= 4 is 23.5 Å². The van der Waals surface area contributed by atoms with Gasteiger partial charge in [-0.2, -0.15) is 5.10 Å². The van der Waals surface area contributed by atoms with Crippen LogP contribution in [0.15, 0.2) is 53.6 Å². The highest BCUT2D eigenvalue weighted by Crippen LogP contribution is 2.35. The van der Waals surface area contributed by atoms with Crippen molar-refractivity contribution in [2.45, 2.75) is 26.3 Å². The molecule has 4 heteroatoms. The predicted octanol–water partition coefficient (Wildman–Crippen LogP) is 5.01. The summed E-state index contributed by atoms with van der Waals surface area (Å²) in [4.78, 5) is 0. The predicted molar refractivity (Wildman–Crippen MR) is 89.2 cm³/mol. The summed E-state index contributed by atoms with van der Waals surface area (Å²) in [6, 6.07) is 15.1. The van der Waals surface area contributed by atoms with Gasteiger partial charge in [0.25, 0.3) is 0 Å². The Bertz CT molecular complexity index is 613.